The van der Waals surface area contributed by atoms with Crippen LogP contribution in [-0.2, 0) is 11.2 Å². The second-order valence-electron chi connectivity index (χ2n) is 2.72. The summed E-state index contributed by atoms with van der Waals surface area (Å²) in [5.74, 6) is -0.795. The van der Waals surface area contributed by atoms with Crippen LogP contribution in [0.5, 0.6) is 0 Å². The Kier molecular flexibility index (Phi) is 1.51. The first-order valence-corrected chi connectivity index (χ1v) is 3.69. The van der Waals surface area contributed by atoms with Crippen molar-refractivity contribution in [1.82, 2.24) is 9.97 Å². The van der Waals surface area contributed by atoms with Crippen LogP contribution in [-0.4, -0.2) is 20.9 Å². The summed E-state index contributed by atoms with van der Waals surface area (Å²) in [6.45, 7) is 0. The van der Waals surface area contributed by atoms with E-state index in [9.17, 15) is 9.59 Å². The van der Waals surface area contributed by atoms with Crippen LogP contribution in [0.2, 0.25) is 0 Å². The predicted molar refractivity (Wildman–Crippen MR) is 44.2 cm³/mol. The molecule has 0 saturated heterocycles. The molecule has 2 N–H and O–H groups in total. The van der Waals surface area contributed by atoms with Gasteiger partial charge in [0.15, 0.2) is 5.76 Å². The Hall–Kier alpha value is -1.91. The average Bonchev–Trinajstić information content (AvgIpc) is 2.09. The number of allylic oxidation sites excluding steroid dienone is 1. The number of fused-ring (bicyclic) bond motifs is 1. The lowest BCUT2D eigenvalue weighted by Crippen LogP contribution is -2.21. The monoisotopic (exact) mass is 178 g/mol. The van der Waals surface area contributed by atoms with E-state index < -0.39 is 5.78 Å². The predicted octanol–water partition coefficient (Wildman–Crippen LogP) is -0.206. The molecule has 13 heavy (non-hydrogen) atoms. The molecule has 66 valence electrons. The van der Waals surface area contributed by atoms with Gasteiger partial charge in [-0.1, -0.05) is 0 Å². The van der Waals surface area contributed by atoms with Gasteiger partial charge in [-0.15, -0.1) is 0 Å². The van der Waals surface area contributed by atoms with Crippen LogP contribution in [0, 0.1) is 0 Å². The second kappa shape index (κ2) is 2.55. The maximum Gasteiger partial charge on any atom is 0.258 e. The molecule has 0 atom stereocenters. The van der Waals surface area contributed by atoms with E-state index in [1.807, 2.05) is 0 Å². The summed E-state index contributed by atoms with van der Waals surface area (Å²) in [7, 11) is 0. The Balaban J connectivity index is 2.70. The van der Waals surface area contributed by atoms with Crippen LogP contribution in [0.25, 0.3) is 6.08 Å². The third kappa shape index (κ3) is 1.14. The highest BCUT2D eigenvalue weighted by Gasteiger charge is 2.20. The van der Waals surface area contributed by atoms with Crippen LogP contribution in [0.1, 0.15) is 11.3 Å². The molecule has 1 heterocycles. The molecule has 5 nitrogen and oxygen atoms in total. The topological polar surface area (TPSA) is 83.0 Å². The van der Waals surface area contributed by atoms with Crippen molar-refractivity contribution in [3.63, 3.8) is 0 Å². The van der Waals surface area contributed by atoms with E-state index in [0.29, 0.717) is 5.69 Å². The van der Waals surface area contributed by atoms with Crippen LogP contribution < -0.4 is 5.56 Å². The number of hydrogen-bond donors (Lipinski definition) is 2. The van der Waals surface area contributed by atoms with E-state index >= 15 is 0 Å². The molecule has 0 bridgehead atoms. The van der Waals surface area contributed by atoms with Crippen molar-refractivity contribution < 1.29 is 9.90 Å². The zero-order chi connectivity index (χ0) is 9.42. The van der Waals surface area contributed by atoms with Gasteiger partial charge in [-0.2, -0.15) is 0 Å². The first-order valence-electron chi connectivity index (χ1n) is 3.69. The van der Waals surface area contributed by atoms with Gasteiger partial charge in [0.25, 0.3) is 5.56 Å². The number of aliphatic hydroxyl groups is 1. The number of aromatic nitrogens is 2. The third-order valence-corrected chi connectivity index (χ3v) is 1.87. The largest absolute Gasteiger partial charge is 0.504 e. The first-order chi connectivity index (χ1) is 6.18. The molecule has 0 spiro atoms. The Morgan fingerprint density at radius 3 is 3.00 bits per heavy atom. The zero-order valence-corrected chi connectivity index (χ0v) is 6.57. The number of rotatable bonds is 0. The quantitative estimate of drug-likeness (QED) is 0.576. The number of aromatic amines is 1. The van der Waals surface area contributed by atoms with E-state index in [-0.39, 0.29) is 23.3 Å². The highest BCUT2D eigenvalue weighted by Crippen LogP contribution is 2.13. The van der Waals surface area contributed by atoms with Crippen molar-refractivity contribution in [1.29, 1.82) is 0 Å². The summed E-state index contributed by atoms with van der Waals surface area (Å²) < 4.78 is 0. The molecule has 1 aromatic rings. The van der Waals surface area contributed by atoms with Gasteiger partial charge < -0.3 is 10.1 Å². The number of carbonyl (C=O) groups is 1. The summed E-state index contributed by atoms with van der Waals surface area (Å²) in [5, 5.41) is 9.08. The zero-order valence-electron chi connectivity index (χ0n) is 6.57. The number of ketones is 1. The van der Waals surface area contributed by atoms with Crippen molar-refractivity contribution in [2.75, 3.05) is 0 Å². The molecule has 5 heteroatoms. The number of hydrogen-bond acceptors (Lipinski definition) is 4. The highest BCUT2D eigenvalue weighted by molar-refractivity contribution is 6.00. The Labute approximate surface area is 72.8 Å². The molecular formula is C8H6N2O3. The van der Waals surface area contributed by atoms with E-state index in [1.165, 1.54) is 6.33 Å². The fourth-order valence-corrected chi connectivity index (χ4v) is 1.20. The Morgan fingerprint density at radius 1 is 1.46 bits per heavy atom. The maximum atomic E-state index is 11.2. The maximum absolute atomic E-state index is 11.2. The number of Topliss-reactive ketones (excluding diaryl/α,β-unsaturated/α-hetero) is 1. The molecule has 0 amide bonds. The van der Waals surface area contributed by atoms with E-state index in [2.05, 4.69) is 9.97 Å². The van der Waals surface area contributed by atoms with Crippen LogP contribution in [0.3, 0.4) is 0 Å². The minimum atomic E-state index is -0.411. The van der Waals surface area contributed by atoms with Gasteiger partial charge in [0.2, 0.25) is 5.78 Å². The summed E-state index contributed by atoms with van der Waals surface area (Å²) in [6.07, 6.45) is 2.37. The first kappa shape index (κ1) is 7.72. The van der Waals surface area contributed by atoms with Gasteiger partial charge in [-0.05, 0) is 6.08 Å². The molecule has 0 saturated carbocycles. The van der Waals surface area contributed by atoms with Crippen LogP contribution in [0.15, 0.2) is 16.9 Å². The van der Waals surface area contributed by atoms with Crippen molar-refractivity contribution in [2.45, 2.75) is 6.42 Å². The number of nitrogens with one attached hydrogen (secondary N) is 1. The molecule has 1 aliphatic rings. The van der Waals surface area contributed by atoms with Crippen molar-refractivity contribution in [2.24, 2.45) is 0 Å². The second-order valence-corrected chi connectivity index (χ2v) is 2.72. The fourth-order valence-electron chi connectivity index (χ4n) is 1.20. The van der Waals surface area contributed by atoms with E-state index in [4.69, 9.17) is 5.11 Å². The number of aliphatic hydroxyl groups excluding tert-OH is 1. The van der Waals surface area contributed by atoms with Crippen molar-refractivity contribution in [3.05, 3.63) is 33.7 Å². The average molecular weight is 178 g/mol. The minimum absolute atomic E-state index is 0.0123. The Morgan fingerprint density at radius 2 is 2.23 bits per heavy atom. The summed E-state index contributed by atoms with van der Waals surface area (Å²) in [6, 6.07) is 0. The van der Waals surface area contributed by atoms with Gasteiger partial charge in [0.05, 0.1) is 24.0 Å². The molecule has 0 unspecified atom stereocenters. The van der Waals surface area contributed by atoms with Gasteiger partial charge >= 0.3 is 0 Å². The van der Waals surface area contributed by atoms with Crippen LogP contribution in [0.4, 0.5) is 0 Å². The Bertz CT molecular complexity index is 459. The molecule has 0 aromatic carbocycles. The smallest absolute Gasteiger partial charge is 0.258 e. The van der Waals surface area contributed by atoms with E-state index in [1.54, 1.807) is 0 Å². The van der Waals surface area contributed by atoms with Crippen molar-refractivity contribution >= 4 is 11.9 Å². The normalized spacial score (nSPS) is 15.1. The molecule has 2 rings (SSSR count). The van der Waals surface area contributed by atoms with Gasteiger partial charge in [0, 0.05) is 0 Å². The summed E-state index contributed by atoms with van der Waals surface area (Å²) in [5.41, 5.74) is 0.329. The molecule has 1 aliphatic carbocycles. The molecular weight excluding hydrogens is 172 g/mol. The molecule has 1 aromatic heterocycles. The number of H-pyrrole nitrogens is 1. The molecule has 0 fully saturated rings. The number of nitrogens with zero attached hydrogens (tertiary/aromatic N) is 1. The standard InChI is InChI=1S/C8H6N2O3/c11-6-1-4-5(2-7(6)12)9-3-10-8(4)13/h1,3,11H,2H2,(H,9,10,13). The highest BCUT2D eigenvalue weighted by atomic mass is 16.3. The van der Waals surface area contributed by atoms with Gasteiger partial charge in [-0.3, -0.25) is 9.59 Å². The van der Waals surface area contributed by atoms with Crippen molar-refractivity contribution in [3.8, 4) is 0 Å². The van der Waals surface area contributed by atoms with Gasteiger partial charge in [-0.25, -0.2) is 4.98 Å². The van der Waals surface area contributed by atoms with E-state index in [0.717, 1.165) is 6.08 Å². The summed E-state index contributed by atoms with van der Waals surface area (Å²) in [4.78, 5) is 28.3. The fraction of sp³-hybridized carbons (Fsp3) is 0.125. The lowest BCUT2D eigenvalue weighted by Gasteiger charge is -2.08. The minimum Gasteiger partial charge on any atom is -0.504 e. The third-order valence-electron chi connectivity index (χ3n) is 1.87. The lowest BCUT2D eigenvalue weighted by atomic mass is 10.0. The lowest BCUT2D eigenvalue weighted by molar-refractivity contribution is -0.117. The van der Waals surface area contributed by atoms with Crippen LogP contribution >= 0.6 is 0 Å². The molecule has 0 aliphatic heterocycles. The van der Waals surface area contributed by atoms with Gasteiger partial charge in [0.1, 0.15) is 0 Å². The summed E-state index contributed by atoms with van der Waals surface area (Å²) >= 11 is 0. The number of carbonyl (C=O) groups excluding carboxylic acids is 1. The SMILES string of the molecule is O=C1Cc2nc[nH]c(=O)c2C=C1O. The molecule has 0 radical (unpaired) electrons.